The van der Waals surface area contributed by atoms with Gasteiger partial charge in [-0.25, -0.2) is 0 Å². The van der Waals surface area contributed by atoms with E-state index in [-0.39, 0.29) is 47.5 Å². The highest BCUT2D eigenvalue weighted by Gasteiger charge is 2.67. The highest BCUT2D eigenvalue weighted by molar-refractivity contribution is 6.05. The Morgan fingerprint density at radius 3 is 2.27 bits per heavy atom. The lowest BCUT2D eigenvalue weighted by atomic mass is 9.62. The Morgan fingerprint density at radius 2 is 1.67 bits per heavy atom. The molecule has 180 valence electrons. The van der Waals surface area contributed by atoms with E-state index in [1.165, 1.54) is 6.42 Å². The van der Waals surface area contributed by atoms with Crippen LogP contribution in [-0.2, 0) is 14.3 Å². The molecule has 6 heteroatoms. The molecule has 33 heavy (non-hydrogen) atoms. The van der Waals surface area contributed by atoms with Crippen LogP contribution in [0.1, 0.15) is 81.6 Å². The maximum Gasteiger partial charge on any atom is 0.233 e. The zero-order valence-electron chi connectivity index (χ0n) is 20.2. The number of ether oxygens (including phenoxy) is 1. The van der Waals surface area contributed by atoms with Crippen molar-refractivity contribution in [3.05, 3.63) is 28.8 Å². The molecule has 2 saturated heterocycles. The summed E-state index contributed by atoms with van der Waals surface area (Å²) in [5, 5.41) is 22.2. The number of aryl methyl sites for hydroxylation is 2. The molecule has 4 fully saturated rings. The molecule has 2 saturated carbocycles. The summed E-state index contributed by atoms with van der Waals surface area (Å²) in [4.78, 5) is 28.8. The predicted molar refractivity (Wildman–Crippen MR) is 123 cm³/mol. The summed E-state index contributed by atoms with van der Waals surface area (Å²) in [5.41, 5.74) is 2.44. The van der Waals surface area contributed by atoms with E-state index in [0.29, 0.717) is 12.8 Å². The normalized spacial score (nSPS) is 37.0. The fourth-order valence-corrected chi connectivity index (χ4v) is 7.27. The molecule has 0 bridgehead atoms. The van der Waals surface area contributed by atoms with Crippen molar-refractivity contribution in [1.82, 2.24) is 4.90 Å². The van der Waals surface area contributed by atoms with Gasteiger partial charge in [0, 0.05) is 17.9 Å². The van der Waals surface area contributed by atoms with Crippen LogP contribution < -0.4 is 0 Å². The van der Waals surface area contributed by atoms with E-state index in [0.717, 1.165) is 42.4 Å². The first kappa shape index (κ1) is 22.9. The van der Waals surface area contributed by atoms with E-state index < -0.39 is 17.6 Å². The quantitative estimate of drug-likeness (QED) is 0.661. The molecule has 2 heterocycles. The zero-order valence-corrected chi connectivity index (χ0v) is 20.2. The van der Waals surface area contributed by atoms with E-state index in [9.17, 15) is 19.8 Å². The molecule has 2 amide bonds. The van der Waals surface area contributed by atoms with Gasteiger partial charge in [-0.05, 0) is 74.3 Å². The molecule has 0 radical (unpaired) electrons. The Hall–Kier alpha value is -1.92. The first-order chi connectivity index (χ1) is 15.6. The van der Waals surface area contributed by atoms with Gasteiger partial charge in [0.05, 0.1) is 17.9 Å². The van der Waals surface area contributed by atoms with Crippen LogP contribution in [0.2, 0.25) is 0 Å². The van der Waals surface area contributed by atoms with Gasteiger partial charge in [-0.2, -0.15) is 0 Å². The minimum absolute atomic E-state index is 0.00968. The summed E-state index contributed by atoms with van der Waals surface area (Å²) >= 11 is 0. The maximum atomic E-state index is 13.7. The number of hydrogen-bond donors (Lipinski definition) is 2. The predicted octanol–water partition coefficient (Wildman–Crippen LogP) is 4.39. The Bertz CT molecular complexity index is 944. The first-order valence-corrected chi connectivity index (χ1v) is 12.7. The average Bonchev–Trinajstić information content (AvgIpc) is 3.25. The topological polar surface area (TPSA) is 87.1 Å². The first-order valence-electron chi connectivity index (χ1n) is 12.7. The number of aliphatic hydroxyl groups is 1. The second-order valence-corrected chi connectivity index (χ2v) is 11.3. The van der Waals surface area contributed by atoms with Crippen molar-refractivity contribution in [3.8, 4) is 5.75 Å². The van der Waals surface area contributed by atoms with Crippen LogP contribution in [0.3, 0.4) is 0 Å². The smallest absolute Gasteiger partial charge is 0.233 e. The van der Waals surface area contributed by atoms with Crippen molar-refractivity contribution in [2.75, 3.05) is 0 Å². The van der Waals surface area contributed by atoms with Gasteiger partial charge in [0.2, 0.25) is 11.8 Å². The summed E-state index contributed by atoms with van der Waals surface area (Å²) in [6.07, 6.45) is 5.69. The number of fused-ring (bicyclic) bond motifs is 3. The molecule has 6 nitrogen and oxygen atoms in total. The van der Waals surface area contributed by atoms with Crippen molar-refractivity contribution < 1.29 is 24.5 Å². The van der Waals surface area contributed by atoms with Crippen LogP contribution in [0.25, 0.3) is 0 Å². The Balaban J connectivity index is 1.51. The van der Waals surface area contributed by atoms with Crippen molar-refractivity contribution in [2.45, 2.75) is 90.6 Å². The number of carbonyl (C=O) groups excluding carboxylic acids is 2. The molecule has 0 unspecified atom stereocenters. The van der Waals surface area contributed by atoms with Crippen LogP contribution in [0, 0.1) is 43.4 Å². The van der Waals surface area contributed by atoms with E-state index in [1.807, 2.05) is 26.0 Å². The number of amides is 2. The standard InChI is InChI=1S/C27H37NO5/c1-14(2)20-12-19-23(26(31)28(25(19)30)18-8-6-5-7-9-18)21-13-22(33-27(20,21)32)17-10-15(3)24(29)16(4)11-17/h10-11,14,18-23,29,32H,5-9,12-13H2,1-4H3/t19-,20+,21-,22-,23-,27+/m0/s1. The molecule has 0 aromatic heterocycles. The minimum atomic E-state index is -1.43. The second kappa shape index (κ2) is 8.09. The summed E-state index contributed by atoms with van der Waals surface area (Å²) in [6.45, 7) is 7.84. The molecule has 1 aromatic carbocycles. The molecule has 2 aliphatic carbocycles. The molecule has 1 aromatic rings. The number of aromatic hydroxyl groups is 1. The third kappa shape index (κ3) is 3.44. The fourth-order valence-electron chi connectivity index (χ4n) is 7.27. The SMILES string of the molecule is Cc1cc([C@@H]2C[C@H]3[C@H]4C(=O)N(C5CCCCC5)C(=O)[C@H]4C[C@H](C(C)C)[C@@]3(O)O2)cc(C)c1O. The monoisotopic (exact) mass is 455 g/mol. The van der Waals surface area contributed by atoms with Gasteiger partial charge < -0.3 is 14.9 Å². The molecule has 6 atom stereocenters. The lowest BCUT2D eigenvalue weighted by Gasteiger charge is -2.46. The number of carbonyl (C=O) groups is 2. The lowest BCUT2D eigenvalue weighted by Crippen LogP contribution is -2.55. The molecular formula is C27H37NO5. The fraction of sp³-hybridized carbons (Fsp3) is 0.704. The van der Waals surface area contributed by atoms with Crippen LogP contribution in [0.15, 0.2) is 12.1 Å². The van der Waals surface area contributed by atoms with Gasteiger partial charge in [-0.1, -0.05) is 33.1 Å². The van der Waals surface area contributed by atoms with Gasteiger partial charge in [0.25, 0.3) is 0 Å². The van der Waals surface area contributed by atoms with E-state index >= 15 is 0 Å². The zero-order chi connectivity index (χ0) is 23.7. The van der Waals surface area contributed by atoms with Crippen molar-refractivity contribution in [2.24, 2.45) is 29.6 Å². The number of phenolic OH excluding ortho intramolecular Hbond substituents is 1. The second-order valence-electron chi connectivity index (χ2n) is 11.3. The summed E-state index contributed by atoms with van der Waals surface area (Å²) in [7, 11) is 0. The average molecular weight is 456 g/mol. The van der Waals surface area contributed by atoms with E-state index in [1.54, 1.807) is 4.90 Å². The van der Waals surface area contributed by atoms with Gasteiger partial charge in [-0.3, -0.25) is 14.5 Å². The molecule has 0 spiro atoms. The Morgan fingerprint density at radius 1 is 1.03 bits per heavy atom. The maximum absolute atomic E-state index is 13.7. The Kier molecular flexibility index (Phi) is 5.60. The summed E-state index contributed by atoms with van der Waals surface area (Å²) < 4.78 is 6.43. The van der Waals surface area contributed by atoms with Crippen molar-refractivity contribution in [1.29, 1.82) is 0 Å². The van der Waals surface area contributed by atoms with Gasteiger partial charge >= 0.3 is 0 Å². The molecule has 2 N–H and O–H groups in total. The summed E-state index contributed by atoms with van der Waals surface area (Å²) in [6, 6.07) is 3.83. The van der Waals surface area contributed by atoms with Gasteiger partial charge in [0.15, 0.2) is 5.79 Å². The van der Waals surface area contributed by atoms with Gasteiger partial charge in [-0.15, -0.1) is 0 Å². The molecule has 4 aliphatic rings. The molecular weight excluding hydrogens is 418 g/mol. The van der Waals surface area contributed by atoms with Crippen LogP contribution in [0.4, 0.5) is 0 Å². The Labute approximate surface area is 196 Å². The minimum Gasteiger partial charge on any atom is -0.507 e. The van der Waals surface area contributed by atoms with Crippen molar-refractivity contribution >= 4 is 11.8 Å². The number of hydrogen-bond acceptors (Lipinski definition) is 5. The lowest BCUT2D eigenvalue weighted by molar-refractivity contribution is -0.276. The van der Waals surface area contributed by atoms with Gasteiger partial charge in [0.1, 0.15) is 5.75 Å². The van der Waals surface area contributed by atoms with E-state index in [2.05, 4.69) is 13.8 Å². The van der Waals surface area contributed by atoms with Crippen molar-refractivity contribution in [3.63, 3.8) is 0 Å². The third-order valence-corrected chi connectivity index (χ3v) is 8.94. The number of likely N-dealkylation sites (tertiary alicyclic amines) is 1. The molecule has 2 aliphatic heterocycles. The van der Waals surface area contributed by atoms with E-state index in [4.69, 9.17) is 4.74 Å². The van der Waals surface area contributed by atoms with Crippen LogP contribution in [-0.4, -0.2) is 38.8 Å². The van der Waals surface area contributed by atoms with Crippen LogP contribution in [0.5, 0.6) is 5.75 Å². The number of benzene rings is 1. The number of nitrogens with zero attached hydrogens (tertiary/aromatic N) is 1. The number of imide groups is 1. The summed E-state index contributed by atoms with van der Waals surface area (Å²) in [5.74, 6) is -2.65. The number of rotatable bonds is 3. The van der Waals surface area contributed by atoms with Crippen LogP contribution >= 0.6 is 0 Å². The largest absolute Gasteiger partial charge is 0.507 e. The third-order valence-electron chi connectivity index (χ3n) is 8.94. The number of phenols is 1. The highest BCUT2D eigenvalue weighted by Crippen LogP contribution is 2.60. The highest BCUT2D eigenvalue weighted by atomic mass is 16.6. The molecule has 5 rings (SSSR count).